The van der Waals surface area contributed by atoms with Gasteiger partial charge in [0.25, 0.3) is 0 Å². The molecule has 1 atom stereocenters. The zero-order chi connectivity index (χ0) is 17.2. The number of hydrogen-bond acceptors (Lipinski definition) is 3. The number of aryl methyl sites for hydroxylation is 1. The van der Waals surface area contributed by atoms with Crippen molar-refractivity contribution in [2.75, 3.05) is 13.2 Å². The number of fused-ring (bicyclic) bond motifs is 1. The summed E-state index contributed by atoms with van der Waals surface area (Å²) in [5.41, 5.74) is 2.25. The minimum atomic E-state index is -3.54. The third-order valence-corrected chi connectivity index (χ3v) is 6.00. The average molecular weight is 366 g/mol. The molecule has 0 aromatic heterocycles. The fourth-order valence-electron chi connectivity index (χ4n) is 2.96. The van der Waals surface area contributed by atoms with Crippen molar-refractivity contribution in [3.63, 3.8) is 0 Å². The topological polar surface area (TPSA) is 55.4 Å². The highest BCUT2D eigenvalue weighted by atomic mass is 35.5. The third-order valence-electron chi connectivity index (χ3n) is 4.30. The first kappa shape index (κ1) is 17.3. The van der Waals surface area contributed by atoms with Gasteiger partial charge in [0.1, 0.15) is 5.75 Å². The second kappa shape index (κ2) is 7.13. The maximum Gasteiger partial charge on any atom is 0.240 e. The number of ether oxygens (including phenoxy) is 1. The van der Waals surface area contributed by atoms with E-state index in [9.17, 15) is 8.42 Å². The smallest absolute Gasteiger partial charge is 0.240 e. The van der Waals surface area contributed by atoms with Gasteiger partial charge in [-0.2, -0.15) is 0 Å². The maximum atomic E-state index is 12.4. The van der Waals surface area contributed by atoms with Crippen LogP contribution in [0.5, 0.6) is 5.75 Å². The van der Waals surface area contributed by atoms with Crippen LogP contribution >= 0.6 is 11.6 Å². The summed E-state index contributed by atoms with van der Waals surface area (Å²) < 4.78 is 33.4. The lowest BCUT2D eigenvalue weighted by molar-refractivity contribution is 0.264. The summed E-state index contributed by atoms with van der Waals surface area (Å²) in [6.45, 7) is 3.05. The van der Waals surface area contributed by atoms with E-state index in [1.165, 1.54) is 12.1 Å². The molecule has 0 saturated carbocycles. The number of hydrogen-bond donors (Lipinski definition) is 1. The number of benzene rings is 2. The molecular weight excluding hydrogens is 346 g/mol. The van der Waals surface area contributed by atoms with Crippen LogP contribution in [0, 0.1) is 0 Å². The predicted molar refractivity (Wildman–Crippen MR) is 95.3 cm³/mol. The molecule has 1 N–H and O–H groups in total. The summed E-state index contributed by atoms with van der Waals surface area (Å²) in [7, 11) is -3.54. The van der Waals surface area contributed by atoms with Gasteiger partial charge in [-0.05, 0) is 48.2 Å². The second-order valence-corrected chi connectivity index (χ2v) is 8.03. The number of sulfonamides is 1. The number of nitrogens with one attached hydrogen (secondary N) is 1. The lowest BCUT2D eigenvalue weighted by atomic mass is 9.91. The van der Waals surface area contributed by atoms with Crippen molar-refractivity contribution in [2.45, 2.75) is 30.6 Å². The Morgan fingerprint density at radius 1 is 1.21 bits per heavy atom. The molecule has 6 heteroatoms. The highest BCUT2D eigenvalue weighted by Gasteiger charge is 2.25. The van der Waals surface area contributed by atoms with Crippen LogP contribution in [0.3, 0.4) is 0 Å². The quantitative estimate of drug-likeness (QED) is 0.878. The summed E-state index contributed by atoms with van der Waals surface area (Å²) in [6, 6.07) is 12.3. The molecule has 0 saturated heterocycles. The number of rotatable bonds is 5. The molecule has 4 nitrogen and oxygen atoms in total. The van der Waals surface area contributed by atoms with Crippen LogP contribution in [0.25, 0.3) is 0 Å². The van der Waals surface area contributed by atoms with Crippen LogP contribution < -0.4 is 9.46 Å². The summed E-state index contributed by atoms with van der Waals surface area (Å²) in [6.07, 6.45) is 1.69. The van der Waals surface area contributed by atoms with Crippen LogP contribution in [-0.4, -0.2) is 21.6 Å². The van der Waals surface area contributed by atoms with Crippen molar-refractivity contribution in [1.82, 2.24) is 4.72 Å². The van der Waals surface area contributed by atoms with Gasteiger partial charge in [-0.3, -0.25) is 0 Å². The lowest BCUT2D eigenvalue weighted by Gasteiger charge is -2.27. The predicted octanol–water partition coefficient (Wildman–Crippen LogP) is 3.75. The molecule has 0 spiro atoms. The van der Waals surface area contributed by atoms with E-state index in [1.54, 1.807) is 12.1 Å². The van der Waals surface area contributed by atoms with Crippen LogP contribution in [0.4, 0.5) is 0 Å². The van der Waals surface area contributed by atoms with Crippen molar-refractivity contribution in [2.24, 2.45) is 0 Å². The molecule has 0 radical (unpaired) electrons. The van der Waals surface area contributed by atoms with Crippen LogP contribution in [0.15, 0.2) is 47.4 Å². The van der Waals surface area contributed by atoms with Gasteiger partial charge in [0.2, 0.25) is 10.0 Å². The second-order valence-electron chi connectivity index (χ2n) is 5.83. The molecular formula is C18H20ClNO3S. The molecule has 1 aliphatic rings. The van der Waals surface area contributed by atoms with Gasteiger partial charge in [-0.15, -0.1) is 0 Å². The lowest BCUT2D eigenvalue weighted by Crippen LogP contribution is -2.31. The number of halogens is 1. The van der Waals surface area contributed by atoms with E-state index in [1.807, 2.05) is 12.1 Å². The van der Waals surface area contributed by atoms with Crippen LogP contribution in [0.2, 0.25) is 5.02 Å². The highest BCUT2D eigenvalue weighted by Crippen LogP contribution is 2.36. The monoisotopic (exact) mass is 365 g/mol. The zero-order valence-corrected chi connectivity index (χ0v) is 15.0. The normalized spacial score (nSPS) is 17.2. The van der Waals surface area contributed by atoms with Gasteiger partial charge in [0.05, 0.1) is 11.5 Å². The molecule has 2 aromatic carbocycles. The van der Waals surface area contributed by atoms with Gasteiger partial charge in [-0.1, -0.05) is 36.7 Å². The van der Waals surface area contributed by atoms with Gasteiger partial charge < -0.3 is 4.74 Å². The average Bonchev–Trinajstić information content (AvgIpc) is 2.59. The Bertz CT molecular complexity index is 819. The highest BCUT2D eigenvalue weighted by molar-refractivity contribution is 7.89. The maximum absolute atomic E-state index is 12.4. The number of para-hydroxylation sites is 1. The van der Waals surface area contributed by atoms with E-state index in [-0.39, 0.29) is 10.8 Å². The molecule has 0 bridgehead atoms. The fourth-order valence-corrected chi connectivity index (χ4v) is 4.17. The van der Waals surface area contributed by atoms with Gasteiger partial charge in [0.15, 0.2) is 0 Å². The molecule has 24 heavy (non-hydrogen) atoms. The zero-order valence-electron chi connectivity index (χ0n) is 13.5. The largest absolute Gasteiger partial charge is 0.493 e. The van der Waals surface area contributed by atoms with Gasteiger partial charge >= 0.3 is 0 Å². The first-order valence-corrected chi connectivity index (χ1v) is 9.87. The van der Waals surface area contributed by atoms with Crippen LogP contribution in [-0.2, 0) is 16.4 Å². The van der Waals surface area contributed by atoms with E-state index in [0.29, 0.717) is 18.2 Å². The van der Waals surface area contributed by atoms with Gasteiger partial charge in [-0.25, -0.2) is 13.1 Å². The molecule has 2 aromatic rings. The van der Waals surface area contributed by atoms with E-state index >= 15 is 0 Å². The van der Waals surface area contributed by atoms with Gasteiger partial charge in [0, 0.05) is 17.5 Å². The molecule has 1 aliphatic heterocycles. The minimum absolute atomic E-state index is 0.113. The Hall–Kier alpha value is -1.56. The molecule has 1 unspecified atom stereocenters. The summed E-state index contributed by atoms with van der Waals surface area (Å²) >= 11 is 5.82. The molecule has 1 heterocycles. The SMILES string of the molecule is CCc1cccc2c1OCCC2CNS(=O)(=O)c1ccc(Cl)cc1. The first-order valence-electron chi connectivity index (χ1n) is 8.01. The van der Waals surface area contributed by atoms with Crippen molar-refractivity contribution in [1.29, 1.82) is 0 Å². The standard InChI is InChI=1S/C18H20ClNO3S/c1-2-13-4-3-5-17-14(10-11-23-18(13)17)12-20-24(21,22)16-8-6-15(19)7-9-16/h3-9,14,20H,2,10-12H2,1H3. The Morgan fingerprint density at radius 2 is 1.96 bits per heavy atom. The van der Waals surface area contributed by atoms with Crippen molar-refractivity contribution in [3.05, 3.63) is 58.6 Å². The third kappa shape index (κ3) is 3.58. The van der Waals surface area contributed by atoms with Crippen LogP contribution in [0.1, 0.15) is 30.4 Å². The fraction of sp³-hybridized carbons (Fsp3) is 0.333. The molecule has 3 rings (SSSR count). The van der Waals surface area contributed by atoms with E-state index in [4.69, 9.17) is 16.3 Å². The molecule has 0 amide bonds. The van der Waals surface area contributed by atoms with Crippen molar-refractivity contribution in [3.8, 4) is 5.75 Å². The van der Waals surface area contributed by atoms with E-state index in [0.717, 1.165) is 29.7 Å². The van der Waals surface area contributed by atoms with E-state index < -0.39 is 10.0 Å². The Kier molecular flexibility index (Phi) is 5.13. The Balaban J connectivity index is 1.78. The van der Waals surface area contributed by atoms with Crippen molar-refractivity contribution < 1.29 is 13.2 Å². The van der Waals surface area contributed by atoms with Crippen molar-refractivity contribution >= 4 is 21.6 Å². The summed E-state index contributed by atoms with van der Waals surface area (Å²) in [5, 5.41) is 0.513. The first-order chi connectivity index (χ1) is 11.5. The van der Waals surface area contributed by atoms with E-state index in [2.05, 4.69) is 17.7 Å². The minimum Gasteiger partial charge on any atom is -0.493 e. The Morgan fingerprint density at radius 3 is 2.67 bits per heavy atom. The Labute approximate surface area is 147 Å². The summed E-state index contributed by atoms with van der Waals surface area (Å²) in [5.74, 6) is 1.03. The summed E-state index contributed by atoms with van der Waals surface area (Å²) in [4.78, 5) is 0.224. The molecule has 128 valence electrons. The molecule has 0 fully saturated rings. The molecule has 0 aliphatic carbocycles.